The van der Waals surface area contributed by atoms with Crippen molar-refractivity contribution in [1.82, 2.24) is 10.2 Å². The molecule has 1 N–H and O–H groups in total. The molecule has 0 spiro atoms. The quantitative estimate of drug-likeness (QED) is 0.772. The highest BCUT2D eigenvalue weighted by Gasteiger charge is 2.26. The van der Waals surface area contributed by atoms with Gasteiger partial charge in [0.05, 0.1) is 6.10 Å². The molecule has 4 heteroatoms. The van der Waals surface area contributed by atoms with E-state index in [9.17, 15) is 4.79 Å². The molecule has 0 saturated carbocycles. The highest BCUT2D eigenvalue weighted by atomic mass is 16.5. The van der Waals surface area contributed by atoms with E-state index in [2.05, 4.69) is 5.32 Å². The number of nitrogens with zero attached hydrogens (tertiary/aromatic N) is 1. The molecule has 1 amide bonds. The Bertz CT molecular complexity index is 233. The molecule has 0 radical (unpaired) electrons. The van der Waals surface area contributed by atoms with Crippen molar-refractivity contribution in [3.8, 4) is 0 Å². The van der Waals surface area contributed by atoms with Crippen LogP contribution >= 0.6 is 0 Å². The number of nitrogens with one attached hydrogen (secondary N) is 1. The third-order valence-corrected chi connectivity index (χ3v) is 3.41. The van der Waals surface area contributed by atoms with Gasteiger partial charge < -0.3 is 15.0 Å². The number of carbonyl (C=O) groups is 1. The van der Waals surface area contributed by atoms with E-state index in [-0.39, 0.29) is 18.1 Å². The van der Waals surface area contributed by atoms with Crippen molar-refractivity contribution < 1.29 is 9.53 Å². The van der Waals surface area contributed by atoms with E-state index < -0.39 is 0 Å². The van der Waals surface area contributed by atoms with Crippen LogP contribution in [0.2, 0.25) is 0 Å². The molecule has 2 aliphatic heterocycles. The minimum atomic E-state index is -0.275. The molecule has 0 aromatic heterocycles. The Hall–Kier alpha value is -0.610. The van der Waals surface area contributed by atoms with E-state index in [0.29, 0.717) is 0 Å². The largest absolute Gasteiger partial charge is 0.364 e. The standard InChI is InChI=1S/C12H22N2O2/c1-10(12(15)14-7-2-3-8-14)16-11-5-4-6-13-9-11/h10-11,13H,2-9H2,1H3/t10?,11-/m0/s1. The maximum atomic E-state index is 12.0. The van der Waals surface area contributed by atoms with E-state index in [1.165, 1.54) is 0 Å². The van der Waals surface area contributed by atoms with Crippen LogP contribution in [0.15, 0.2) is 0 Å². The summed E-state index contributed by atoms with van der Waals surface area (Å²) in [5, 5.41) is 3.30. The summed E-state index contributed by atoms with van der Waals surface area (Å²) in [4.78, 5) is 13.9. The second-order valence-corrected chi connectivity index (χ2v) is 4.78. The molecule has 0 aliphatic carbocycles. The summed E-state index contributed by atoms with van der Waals surface area (Å²) >= 11 is 0. The average molecular weight is 226 g/mol. The normalized spacial score (nSPS) is 28.1. The van der Waals surface area contributed by atoms with Crippen LogP contribution in [-0.4, -0.2) is 49.2 Å². The maximum absolute atomic E-state index is 12.0. The maximum Gasteiger partial charge on any atom is 0.251 e. The van der Waals surface area contributed by atoms with E-state index in [1.807, 2.05) is 11.8 Å². The Labute approximate surface area is 97.3 Å². The Morgan fingerprint density at radius 2 is 2.12 bits per heavy atom. The molecule has 92 valence electrons. The molecule has 2 rings (SSSR count). The molecule has 0 aromatic rings. The second kappa shape index (κ2) is 5.64. The number of rotatable bonds is 3. The first-order valence-corrected chi connectivity index (χ1v) is 6.42. The van der Waals surface area contributed by atoms with E-state index in [4.69, 9.17) is 4.74 Å². The van der Waals surface area contributed by atoms with Gasteiger partial charge in [-0.2, -0.15) is 0 Å². The predicted molar refractivity (Wildman–Crippen MR) is 62.3 cm³/mol. The lowest BCUT2D eigenvalue weighted by Crippen LogP contribution is -2.43. The van der Waals surface area contributed by atoms with Crippen molar-refractivity contribution >= 4 is 5.91 Å². The van der Waals surface area contributed by atoms with Gasteiger partial charge in [0, 0.05) is 19.6 Å². The lowest BCUT2D eigenvalue weighted by molar-refractivity contribution is -0.145. The SMILES string of the molecule is CC(O[C@H]1CCCNC1)C(=O)N1CCCC1. The Morgan fingerprint density at radius 3 is 2.75 bits per heavy atom. The molecule has 4 nitrogen and oxygen atoms in total. The van der Waals surface area contributed by atoms with Gasteiger partial charge in [-0.05, 0) is 39.2 Å². The van der Waals surface area contributed by atoms with Gasteiger partial charge in [-0.25, -0.2) is 0 Å². The Morgan fingerprint density at radius 1 is 1.38 bits per heavy atom. The fourth-order valence-corrected chi connectivity index (χ4v) is 2.48. The van der Waals surface area contributed by atoms with E-state index in [0.717, 1.165) is 51.9 Å². The smallest absolute Gasteiger partial charge is 0.251 e. The molecular weight excluding hydrogens is 204 g/mol. The first-order valence-electron chi connectivity index (χ1n) is 6.42. The van der Waals surface area contributed by atoms with Crippen molar-refractivity contribution in [1.29, 1.82) is 0 Å². The Balaban J connectivity index is 1.77. The molecule has 2 saturated heterocycles. The van der Waals surface area contributed by atoms with Crippen LogP contribution in [0.5, 0.6) is 0 Å². The highest BCUT2D eigenvalue weighted by Crippen LogP contribution is 2.13. The summed E-state index contributed by atoms with van der Waals surface area (Å²) < 4.78 is 5.81. The van der Waals surface area contributed by atoms with Gasteiger partial charge >= 0.3 is 0 Å². The van der Waals surface area contributed by atoms with Gasteiger partial charge in [0.15, 0.2) is 0 Å². The second-order valence-electron chi connectivity index (χ2n) is 4.78. The lowest BCUT2D eigenvalue weighted by Gasteiger charge is -2.28. The molecular formula is C12H22N2O2. The van der Waals surface area contributed by atoms with Crippen molar-refractivity contribution in [2.24, 2.45) is 0 Å². The third kappa shape index (κ3) is 2.95. The summed E-state index contributed by atoms with van der Waals surface area (Å²) in [6.07, 6.45) is 4.45. The summed E-state index contributed by atoms with van der Waals surface area (Å²) in [5.74, 6) is 0.170. The van der Waals surface area contributed by atoms with Crippen LogP contribution in [0, 0.1) is 0 Å². The summed E-state index contributed by atoms with van der Waals surface area (Å²) in [6, 6.07) is 0. The third-order valence-electron chi connectivity index (χ3n) is 3.41. The van der Waals surface area contributed by atoms with E-state index >= 15 is 0 Å². The van der Waals surface area contributed by atoms with Crippen molar-refractivity contribution in [3.63, 3.8) is 0 Å². The fraction of sp³-hybridized carbons (Fsp3) is 0.917. The van der Waals surface area contributed by atoms with Crippen molar-refractivity contribution in [2.75, 3.05) is 26.2 Å². The molecule has 2 heterocycles. The van der Waals surface area contributed by atoms with Gasteiger partial charge in [0.25, 0.3) is 5.91 Å². The zero-order valence-electron chi connectivity index (χ0n) is 10.1. The minimum absolute atomic E-state index is 0.170. The summed E-state index contributed by atoms with van der Waals surface area (Å²) in [5.41, 5.74) is 0. The van der Waals surface area contributed by atoms with Crippen molar-refractivity contribution in [3.05, 3.63) is 0 Å². The van der Waals surface area contributed by atoms with Gasteiger partial charge in [-0.3, -0.25) is 4.79 Å². The molecule has 2 atom stereocenters. The molecule has 16 heavy (non-hydrogen) atoms. The molecule has 2 fully saturated rings. The van der Waals surface area contributed by atoms with Crippen LogP contribution in [0.1, 0.15) is 32.6 Å². The van der Waals surface area contributed by atoms with Crippen LogP contribution in [-0.2, 0) is 9.53 Å². The molecule has 2 aliphatic rings. The van der Waals surface area contributed by atoms with Crippen LogP contribution in [0.4, 0.5) is 0 Å². The minimum Gasteiger partial charge on any atom is -0.364 e. The van der Waals surface area contributed by atoms with Gasteiger partial charge in [-0.15, -0.1) is 0 Å². The lowest BCUT2D eigenvalue weighted by atomic mass is 10.1. The number of hydrogen-bond acceptors (Lipinski definition) is 3. The molecule has 0 aromatic carbocycles. The van der Waals surface area contributed by atoms with Crippen LogP contribution in [0.3, 0.4) is 0 Å². The highest BCUT2D eigenvalue weighted by molar-refractivity contribution is 5.80. The number of carbonyl (C=O) groups excluding carboxylic acids is 1. The zero-order valence-corrected chi connectivity index (χ0v) is 10.1. The fourth-order valence-electron chi connectivity index (χ4n) is 2.48. The first-order chi connectivity index (χ1) is 7.77. The molecule has 1 unspecified atom stereocenters. The summed E-state index contributed by atoms with van der Waals surface area (Å²) in [7, 11) is 0. The van der Waals surface area contributed by atoms with Crippen molar-refractivity contribution in [2.45, 2.75) is 44.8 Å². The first kappa shape index (κ1) is 11.9. The van der Waals surface area contributed by atoms with Crippen LogP contribution < -0.4 is 5.32 Å². The predicted octanol–water partition coefficient (Wildman–Crippen LogP) is 0.766. The topological polar surface area (TPSA) is 41.6 Å². The number of amides is 1. The number of ether oxygens (including phenoxy) is 1. The zero-order chi connectivity index (χ0) is 11.4. The van der Waals surface area contributed by atoms with Crippen LogP contribution in [0.25, 0.3) is 0 Å². The number of likely N-dealkylation sites (tertiary alicyclic amines) is 1. The average Bonchev–Trinajstić information content (AvgIpc) is 2.83. The number of hydrogen-bond donors (Lipinski definition) is 1. The van der Waals surface area contributed by atoms with E-state index in [1.54, 1.807) is 0 Å². The number of piperidine rings is 1. The summed E-state index contributed by atoms with van der Waals surface area (Å²) in [6.45, 7) is 5.67. The Kier molecular flexibility index (Phi) is 4.18. The van der Waals surface area contributed by atoms with Gasteiger partial charge in [-0.1, -0.05) is 0 Å². The van der Waals surface area contributed by atoms with Gasteiger partial charge in [0.1, 0.15) is 6.10 Å². The van der Waals surface area contributed by atoms with Gasteiger partial charge in [0.2, 0.25) is 0 Å². The monoisotopic (exact) mass is 226 g/mol. The molecule has 0 bridgehead atoms.